The van der Waals surface area contributed by atoms with Crippen LogP contribution in [0, 0.1) is 0 Å². The molecule has 11 heavy (non-hydrogen) atoms. The molecule has 1 atom stereocenters. The van der Waals surface area contributed by atoms with Crippen LogP contribution in [0.2, 0.25) is 0 Å². The van der Waals surface area contributed by atoms with Gasteiger partial charge in [0.05, 0.1) is 0 Å². The highest BCUT2D eigenvalue weighted by atomic mass is 33.1. The first-order valence-corrected chi connectivity index (χ1v) is 7.22. The topological polar surface area (TPSA) is 17.1 Å². The second-order valence-corrected chi connectivity index (χ2v) is 5.58. The maximum Gasteiger partial charge on any atom is 0.0420 e. The summed E-state index contributed by atoms with van der Waals surface area (Å²) in [4.78, 5) is 0. The zero-order chi connectivity index (χ0) is 8.53. The van der Waals surface area contributed by atoms with Crippen molar-refractivity contribution in [2.75, 3.05) is 17.8 Å². The molecule has 0 heterocycles. The summed E-state index contributed by atoms with van der Waals surface area (Å²) < 4.78 is 10.6. The lowest BCUT2D eigenvalue weighted by Crippen LogP contribution is -1.86. The standard InChI is InChI=1S/C7H12OS3/c1-3-5-9-10-6-4-7-11(2)8/h3-4,6H,1,5,7H2,2H3/b6-4-/t11-/m0/s1. The van der Waals surface area contributed by atoms with Crippen molar-refractivity contribution in [1.29, 1.82) is 0 Å². The molecule has 0 unspecified atom stereocenters. The summed E-state index contributed by atoms with van der Waals surface area (Å²) in [5, 5.41) is 1.97. The van der Waals surface area contributed by atoms with Gasteiger partial charge in [0.2, 0.25) is 0 Å². The van der Waals surface area contributed by atoms with E-state index in [9.17, 15) is 4.21 Å². The molecule has 0 amide bonds. The first-order chi connectivity index (χ1) is 5.27. The van der Waals surface area contributed by atoms with Crippen LogP contribution in [0.15, 0.2) is 24.1 Å². The molecule has 0 saturated heterocycles. The van der Waals surface area contributed by atoms with Gasteiger partial charge in [-0.1, -0.05) is 33.7 Å². The smallest absolute Gasteiger partial charge is 0.0420 e. The Hall–Kier alpha value is 0.330. The van der Waals surface area contributed by atoms with E-state index in [-0.39, 0.29) is 0 Å². The van der Waals surface area contributed by atoms with E-state index in [0.29, 0.717) is 5.75 Å². The van der Waals surface area contributed by atoms with Crippen molar-refractivity contribution < 1.29 is 4.21 Å². The van der Waals surface area contributed by atoms with Crippen molar-refractivity contribution >= 4 is 32.4 Å². The van der Waals surface area contributed by atoms with Gasteiger partial charge < -0.3 is 0 Å². The van der Waals surface area contributed by atoms with Crippen LogP contribution >= 0.6 is 21.6 Å². The van der Waals surface area contributed by atoms with Gasteiger partial charge in [-0.15, -0.1) is 6.58 Å². The second kappa shape index (κ2) is 8.43. The third kappa shape index (κ3) is 10.3. The fraction of sp³-hybridized carbons (Fsp3) is 0.429. The van der Waals surface area contributed by atoms with E-state index in [1.807, 2.05) is 17.6 Å². The monoisotopic (exact) mass is 208 g/mol. The summed E-state index contributed by atoms with van der Waals surface area (Å²) in [7, 11) is 2.67. The Morgan fingerprint density at radius 2 is 2.36 bits per heavy atom. The molecular formula is C7H12OS3. The fourth-order valence-corrected chi connectivity index (χ4v) is 2.25. The molecule has 0 aromatic carbocycles. The van der Waals surface area contributed by atoms with Crippen molar-refractivity contribution in [2.45, 2.75) is 0 Å². The summed E-state index contributed by atoms with van der Waals surface area (Å²) in [5.74, 6) is 1.60. The Morgan fingerprint density at radius 3 is 2.91 bits per heavy atom. The minimum atomic E-state index is -0.702. The van der Waals surface area contributed by atoms with Gasteiger partial charge in [-0.05, 0) is 5.41 Å². The molecule has 0 aromatic rings. The van der Waals surface area contributed by atoms with Crippen LogP contribution in [0.25, 0.3) is 0 Å². The van der Waals surface area contributed by atoms with Crippen LogP contribution in [0.5, 0.6) is 0 Å². The van der Waals surface area contributed by atoms with Crippen LogP contribution in [0.3, 0.4) is 0 Å². The van der Waals surface area contributed by atoms with E-state index < -0.39 is 10.8 Å². The summed E-state index contributed by atoms with van der Waals surface area (Å²) in [6.45, 7) is 3.60. The van der Waals surface area contributed by atoms with E-state index in [1.165, 1.54) is 0 Å². The summed E-state index contributed by atoms with van der Waals surface area (Å²) in [6, 6.07) is 0. The van der Waals surface area contributed by atoms with Gasteiger partial charge >= 0.3 is 0 Å². The molecule has 4 heteroatoms. The molecule has 1 nitrogen and oxygen atoms in total. The summed E-state index contributed by atoms with van der Waals surface area (Å²) in [6.07, 6.45) is 5.49. The normalized spacial score (nSPS) is 13.5. The molecule has 0 aliphatic rings. The molecule has 0 aliphatic carbocycles. The van der Waals surface area contributed by atoms with E-state index >= 15 is 0 Å². The maximum absolute atomic E-state index is 10.6. The van der Waals surface area contributed by atoms with Gasteiger partial charge in [-0.25, -0.2) is 0 Å². The molecule has 0 aliphatic heterocycles. The Balaban J connectivity index is 3.16. The lowest BCUT2D eigenvalue weighted by Gasteiger charge is -1.88. The average molecular weight is 208 g/mol. The van der Waals surface area contributed by atoms with E-state index in [1.54, 1.807) is 27.8 Å². The molecule has 0 fully saturated rings. The molecule has 0 bridgehead atoms. The van der Waals surface area contributed by atoms with Gasteiger partial charge in [0.25, 0.3) is 0 Å². The highest BCUT2D eigenvalue weighted by Crippen LogP contribution is 2.21. The first-order valence-electron chi connectivity index (χ1n) is 3.11. The summed E-state index contributed by atoms with van der Waals surface area (Å²) >= 11 is 0. The van der Waals surface area contributed by atoms with Gasteiger partial charge in [-0.3, -0.25) is 4.21 Å². The van der Waals surface area contributed by atoms with Crippen LogP contribution in [0.1, 0.15) is 0 Å². The molecular weight excluding hydrogens is 196 g/mol. The van der Waals surface area contributed by atoms with Crippen LogP contribution < -0.4 is 0 Å². The Labute approximate surface area is 78.6 Å². The molecule has 0 N–H and O–H groups in total. The second-order valence-electron chi connectivity index (χ2n) is 1.78. The Bertz CT molecular complexity index is 154. The zero-order valence-electron chi connectivity index (χ0n) is 6.49. The highest BCUT2D eigenvalue weighted by molar-refractivity contribution is 8.77. The quantitative estimate of drug-likeness (QED) is 0.379. The van der Waals surface area contributed by atoms with E-state index in [0.717, 1.165) is 5.75 Å². The van der Waals surface area contributed by atoms with E-state index in [2.05, 4.69) is 6.58 Å². The van der Waals surface area contributed by atoms with Crippen molar-refractivity contribution in [3.63, 3.8) is 0 Å². The predicted octanol–water partition coefficient (Wildman–Crippen LogP) is 2.45. The molecule has 0 spiro atoms. The molecule has 0 rings (SSSR count). The molecule has 0 saturated carbocycles. The fourth-order valence-electron chi connectivity index (χ4n) is 0.341. The van der Waals surface area contributed by atoms with Crippen LogP contribution in [0.4, 0.5) is 0 Å². The lowest BCUT2D eigenvalue weighted by atomic mass is 10.8. The largest absolute Gasteiger partial charge is 0.260 e. The van der Waals surface area contributed by atoms with Crippen LogP contribution in [-0.4, -0.2) is 22.0 Å². The number of rotatable bonds is 6. The maximum atomic E-state index is 10.6. The van der Waals surface area contributed by atoms with Gasteiger partial charge in [-0.2, -0.15) is 0 Å². The molecule has 0 radical (unpaired) electrons. The average Bonchev–Trinajstić information content (AvgIpc) is 1.96. The van der Waals surface area contributed by atoms with Gasteiger partial charge in [0, 0.05) is 28.6 Å². The zero-order valence-corrected chi connectivity index (χ0v) is 8.94. The third-order valence-corrected chi connectivity index (χ3v) is 3.36. The van der Waals surface area contributed by atoms with Crippen molar-refractivity contribution in [2.24, 2.45) is 0 Å². The van der Waals surface area contributed by atoms with Gasteiger partial charge in [0.15, 0.2) is 0 Å². The number of hydrogen-bond donors (Lipinski definition) is 0. The lowest BCUT2D eigenvalue weighted by molar-refractivity contribution is 0.688. The highest BCUT2D eigenvalue weighted by Gasteiger charge is 1.83. The summed E-state index contributed by atoms with van der Waals surface area (Å²) in [5.41, 5.74) is 0. The van der Waals surface area contributed by atoms with Crippen molar-refractivity contribution in [1.82, 2.24) is 0 Å². The third-order valence-electron chi connectivity index (χ3n) is 0.737. The Kier molecular flexibility index (Phi) is 8.68. The van der Waals surface area contributed by atoms with Crippen LogP contribution in [-0.2, 0) is 10.8 Å². The SMILES string of the molecule is C=CCSS/C=C\C[S@](C)=O. The molecule has 0 aromatic heterocycles. The minimum Gasteiger partial charge on any atom is -0.260 e. The number of hydrogen-bond acceptors (Lipinski definition) is 3. The van der Waals surface area contributed by atoms with Crippen molar-refractivity contribution in [3.8, 4) is 0 Å². The minimum absolute atomic E-state index is 0.654. The van der Waals surface area contributed by atoms with E-state index in [4.69, 9.17) is 0 Å². The first kappa shape index (κ1) is 11.3. The Morgan fingerprint density at radius 1 is 1.64 bits per heavy atom. The molecule has 64 valence electrons. The van der Waals surface area contributed by atoms with Crippen molar-refractivity contribution in [3.05, 3.63) is 24.1 Å². The van der Waals surface area contributed by atoms with Gasteiger partial charge in [0.1, 0.15) is 0 Å². The predicted molar refractivity (Wildman–Crippen MR) is 58.3 cm³/mol.